The van der Waals surface area contributed by atoms with Crippen LogP contribution in [0.5, 0.6) is 0 Å². The molecule has 19 heavy (non-hydrogen) atoms. The highest BCUT2D eigenvalue weighted by Gasteiger charge is 2.30. The molecule has 0 radical (unpaired) electrons. The van der Waals surface area contributed by atoms with E-state index in [0.717, 1.165) is 0 Å². The molecule has 106 valence electrons. The standard InChI is InChI=1S/C8H12N3O6PS/c9-5-1-2-11(8(12)10-5)6-4-19-7(17-6)3-16-18(13,14)15/h1-2,6-7H,3-4H2,(H2,9,10,12)(H2,13,14,15)/t6-,7+/m0/s1. The molecule has 0 bridgehead atoms. The van der Waals surface area contributed by atoms with Crippen molar-refractivity contribution in [2.24, 2.45) is 0 Å². The van der Waals surface area contributed by atoms with Crippen molar-refractivity contribution in [2.75, 3.05) is 18.1 Å². The first-order valence-electron chi connectivity index (χ1n) is 5.17. The zero-order valence-corrected chi connectivity index (χ0v) is 11.3. The van der Waals surface area contributed by atoms with Gasteiger partial charge in [-0.15, -0.1) is 11.8 Å². The van der Waals surface area contributed by atoms with Gasteiger partial charge in [0.25, 0.3) is 0 Å². The minimum absolute atomic E-state index is 0.119. The lowest BCUT2D eigenvalue weighted by Crippen LogP contribution is -2.28. The minimum atomic E-state index is -4.52. The molecule has 1 aliphatic heterocycles. The van der Waals surface area contributed by atoms with Crippen molar-refractivity contribution in [1.82, 2.24) is 9.55 Å². The van der Waals surface area contributed by atoms with E-state index in [4.69, 9.17) is 20.3 Å². The van der Waals surface area contributed by atoms with E-state index in [-0.39, 0.29) is 12.4 Å². The van der Waals surface area contributed by atoms with Gasteiger partial charge >= 0.3 is 13.5 Å². The zero-order chi connectivity index (χ0) is 14.0. The summed E-state index contributed by atoms with van der Waals surface area (Å²) in [6.45, 7) is -0.261. The van der Waals surface area contributed by atoms with Crippen molar-refractivity contribution < 1.29 is 23.6 Å². The third-order valence-electron chi connectivity index (χ3n) is 2.27. The summed E-state index contributed by atoms with van der Waals surface area (Å²) >= 11 is 1.29. The van der Waals surface area contributed by atoms with Crippen LogP contribution in [0.2, 0.25) is 0 Å². The Morgan fingerprint density at radius 1 is 1.68 bits per heavy atom. The van der Waals surface area contributed by atoms with Gasteiger partial charge in [-0.3, -0.25) is 9.09 Å². The molecule has 1 aromatic rings. The molecule has 2 atom stereocenters. The molecule has 0 unspecified atom stereocenters. The Kier molecular flexibility index (Phi) is 4.29. The van der Waals surface area contributed by atoms with Crippen LogP contribution in [-0.4, -0.2) is 37.1 Å². The number of anilines is 1. The van der Waals surface area contributed by atoms with Gasteiger partial charge in [0.15, 0.2) is 0 Å². The number of ether oxygens (including phenoxy) is 1. The summed E-state index contributed by atoms with van der Waals surface area (Å²) in [7, 11) is -4.52. The number of phosphoric acid groups is 1. The third-order valence-corrected chi connectivity index (χ3v) is 3.86. The van der Waals surface area contributed by atoms with Gasteiger partial charge in [-0.05, 0) is 6.07 Å². The first-order valence-corrected chi connectivity index (χ1v) is 7.75. The SMILES string of the molecule is Nc1ccn([C@@H]2CS[C@H](COP(=O)(O)O)O2)c(=O)n1. The second kappa shape index (κ2) is 5.61. The van der Waals surface area contributed by atoms with Gasteiger partial charge in [0, 0.05) is 11.9 Å². The molecule has 2 rings (SSSR count). The lowest BCUT2D eigenvalue weighted by Gasteiger charge is -2.14. The number of aromatic nitrogens is 2. The summed E-state index contributed by atoms with van der Waals surface area (Å²) < 4.78 is 21.6. The summed E-state index contributed by atoms with van der Waals surface area (Å²) in [5.74, 6) is 0.564. The van der Waals surface area contributed by atoms with Gasteiger partial charge < -0.3 is 20.3 Å². The Hall–Kier alpha value is -0.900. The van der Waals surface area contributed by atoms with Gasteiger partial charge in [-0.2, -0.15) is 4.98 Å². The fourth-order valence-electron chi connectivity index (χ4n) is 1.48. The molecule has 1 fully saturated rings. The zero-order valence-electron chi connectivity index (χ0n) is 9.58. The number of phosphoric ester groups is 1. The van der Waals surface area contributed by atoms with Gasteiger partial charge in [-0.1, -0.05) is 0 Å². The van der Waals surface area contributed by atoms with Gasteiger partial charge in [0.2, 0.25) is 0 Å². The molecule has 11 heteroatoms. The Balaban J connectivity index is 1.98. The number of nitrogens with two attached hydrogens (primary N) is 1. The summed E-state index contributed by atoms with van der Waals surface area (Å²) in [5.41, 5.74) is 4.28. The first kappa shape index (κ1) is 14.5. The maximum absolute atomic E-state index is 11.6. The topological polar surface area (TPSA) is 137 Å². The Labute approximate surface area is 112 Å². The van der Waals surface area contributed by atoms with Crippen molar-refractivity contribution >= 4 is 25.4 Å². The summed E-state index contributed by atoms with van der Waals surface area (Å²) in [4.78, 5) is 32.3. The quantitative estimate of drug-likeness (QED) is 0.630. The fraction of sp³-hybridized carbons (Fsp3) is 0.500. The van der Waals surface area contributed by atoms with E-state index >= 15 is 0 Å². The molecular formula is C8H12N3O6PS. The molecule has 1 aliphatic rings. The van der Waals surface area contributed by atoms with Crippen LogP contribution in [0, 0.1) is 0 Å². The molecule has 0 aromatic carbocycles. The number of hydrogen-bond donors (Lipinski definition) is 3. The van der Waals surface area contributed by atoms with E-state index in [2.05, 4.69) is 9.51 Å². The molecule has 9 nitrogen and oxygen atoms in total. The van der Waals surface area contributed by atoms with Crippen LogP contribution < -0.4 is 11.4 Å². The highest BCUT2D eigenvalue weighted by molar-refractivity contribution is 8.00. The van der Waals surface area contributed by atoms with Crippen LogP contribution in [0.3, 0.4) is 0 Å². The van der Waals surface area contributed by atoms with Crippen LogP contribution >= 0.6 is 19.6 Å². The smallest absolute Gasteiger partial charge is 0.383 e. The predicted molar refractivity (Wildman–Crippen MR) is 67.3 cm³/mol. The van der Waals surface area contributed by atoms with E-state index in [0.29, 0.717) is 5.75 Å². The van der Waals surface area contributed by atoms with E-state index in [9.17, 15) is 9.36 Å². The largest absolute Gasteiger partial charge is 0.469 e. The van der Waals surface area contributed by atoms with Gasteiger partial charge in [0.05, 0.1) is 6.61 Å². The van der Waals surface area contributed by atoms with Crippen LogP contribution in [-0.2, 0) is 13.8 Å². The lowest BCUT2D eigenvalue weighted by atomic mass is 10.5. The number of nitrogen functional groups attached to an aromatic ring is 1. The van der Waals surface area contributed by atoms with Crippen LogP contribution in [0.1, 0.15) is 6.23 Å². The Morgan fingerprint density at radius 3 is 3.05 bits per heavy atom. The second-order valence-electron chi connectivity index (χ2n) is 3.68. The number of nitrogens with zero attached hydrogens (tertiary/aromatic N) is 2. The number of thioether (sulfide) groups is 1. The normalized spacial score (nSPS) is 23.7. The van der Waals surface area contributed by atoms with Crippen LogP contribution in [0.25, 0.3) is 0 Å². The molecule has 4 N–H and O–H groups in total. The van der Waals surface area contributed by atoms with Gasteiger partial charge in [0.1, 0.15) is 17.5 Å². The molecular weight excluding hydrogens is 297 g/mol. The van der Waals surface area contributed by atoms with Crippen molar-refractivity contribution in [3.63, 3.8) is 0 Å². The van der Waals surface area contributed by atoms with Crippen molar-refractivity contribution in [3.8, 4) is 0 Å². The summed E-state index contributed by atoms with van der Waals surface area (Å²) in [5, 5.41) is 0. The van der Waals surface area contributed by atoms with Crippen molar-refractivity contribution in [3.05, 3.63) is 22.7 Å². The predicted octanol–water partition coefficient (Wildman–Crippen LogP) is -0.477. The maximum atomic E-state index is 11.6. The molecule has 0 saturated carbocycles. The van der Waals surface area contributed by atoms with Crippen molar-refractivity contribution in [2.45, 2.75) is 11.7 Å². The minimum Gasteiger partial charge on any atom is -0.383 e. The first-order chi connectivity index (χ1) is 8.85. The van der Waals surface area contributed by atoms with E-state index in [1.54, 1.807) is 0 Å². The molecule has 2 heterocycles. The fourth-order valence-corrected chi connectivity index (χ4v) is 2.90. The van der Waals surface area contributed by atoms with E-state index in [1.165, 1.54) is 28.6 Å². The average molecular weight is 309 g/mol. The van der Waals surface area contributed by atoms with Crippen LogP contribution in [0.4, 0.5) is 5.82 Å². The Morgan fingerprint density at radius 2 is 2.42 bits per heavy atom. The third kappa shape index (κ3) is 4.03. The summed E-state index contributed by atoms with van der Waals surface area (Å²) in [6, 6.07) is 1.47. The van der Waals surface area contributed by atoms with E-state index in [1.807, 2.05) is 0 Å². The molecule has 1 saturated heterocycles. The van der Waals surface area contributed by atoms with Gasteiger partial charge in [-0.25, -0.2) is 9.36 Å². The van der Waals surface area contributed by atoms with Crippen LogP contribution in [0.15, 0.2) is 17.1 Å². The lowest BCUT2D eigenvalue weighted by molar-refractivity contribution is -0.00645. The van der Waals surface area contributed by atoms with E-state index < -0.39 is 25.2 Å². The molecule has 0 spiro atoms. The molecule has 0 amide bonds. The monoisotopic (exact) mass is 309 g/mol. The number of hydrogen-bond acceptors (Lipinski definition) is 7. The summed E-state index contributed by atoms with van der Waals surface area (Å²) in [6.07, 6.45) is 0.901. The highest BCUT2D eigenvalue weighted by Crippen LogP contribution is 2.39. The highest BCUT2D eigenvalue weighted by atomic mass is 32.2. The molecule has 0 aliphatic carbocycles. The second-order valence-corrected chi connectivity index (χ2v) is 6.11. The molecule has 1 aromatic heterocycles. The maximum Gasteiger partial charge on any atom is 0.469 e. The Bertz CT molecular complexity index is 560. The van der Waals surface area contributed by atoms with Crippen molar-refractivity contribution in [1.29, 1.82) is 0 Å². The average Bonchev–Trinajstić information content (AvgIpc) is 2.74. The number of rotatable bonds is 4.